The number of aromatic nitrogens is 5. The molecule has 0 aliphatic carbocycles. The molecule has 0 bridgehead atoms. The lowest BCUT2D eigenvalue weighted by atomic mass is 9.78. The van der Waals surface area contributed by atoms with Gasteiger partial charge in [0.2, 0.25) is 11.9 Å². The van der Waals surface area contributed by atoms with Crippen molar-refractivity contribution in [3.8, 4) is 5.95 Å². The standard InChI is InChI=1S/C14H21N7/c1-3-14(2)5-9-20(10-6-14)12-17-11(15)18-13(19-12)21-8-4-7-16-21/h4,7-8H,3,5-6,9-10H2,1-2H3,(H2,15,17,18,19). The van der Waals surface area contributed by atoms with E-state index in [1.54, 1.807) is 17.1 Å². The van der Waals surface area contributed by atoms with E-state index in [1.807, 2.05) is 6.07 Å². The Morgan fingerprint density at radius 3 is 2.52 bits per heavy atom. The second-order valence-electron chi connectivity index (χ2n) is 5.90. The summed E-state index contributed by atoms with van der Waals surface area (Å²) in [6.07, 6.45) is 6.98. The van der Waals surface area contributed by atoms with Crippen LogP contribution in [0.5, 0.6) is 0 Å². The van der Waals surface area contributed by atoms with Gasteiger partial charge in [0.1, 0.15) is 0 Å². The largest absolute Gasteiger partial charge is 0.368 e. The first kappa shape index (κ1) is 13.8. The highest BCUT2D eigenvalue weighted by Gasteiger charge is 2.29. The van der Waals surface area contributed by atoms with Crippen LogP contribution in [0.3, 0.4) is 0 Å². The first-order valence-electron chi connectivity index (χ1n) is 7.36. The van der Waals surface area contributed by atoms with Gasteiger partial charge in [0, 0.05) is 25.5 Å². The highest BCUT2D eigenvalue weighted by atomic mass is 15.4. The molecular weight excluding hydrogens is 266 g/mol. The molecule has 1 saturated heterocycles. The summed E-state index contributed by atoms with van der Waals surface area (Å²) in [6, 6.07) is 1.83. The maximum atomic E-state index is 5.82. The van der Waals surface area contributed by atoms with Crippen molar-refractivity contribution in [1.82, 2.24) is 24.7 Å². The van der Waals surface area contributed by atoms with Crippen LogP contribution in [-0.2, 0) is 0 Å². The SMILES string of the molecule is CCC1(C)CCN(c2nc(N)nc(-n3cccn3)n2)CC1. The van der Waals surface area contributed by atoms with E-state index in [0.717, 1.165) is 25.9 Å². The van der Waals surface area contributed by atoms with Crippen LogP contribution in [0, 0.1) is 5.41 Å². The number of hydrogen-bond acceptors (Lipinski definition) is 6. The average molecular weight is 287 g/mol. The summed E-state index contributed by atoms with van der Waals surface area (Å²) in [6.45, 7) is 6.51. The molecule has 21 heavy (non-hydrogen) atoms. The van der Waals surface area contributed by atoms with Gasteiger partial charge in [-0.05, 0) is 24.3 Å². The van der Waals surface area contributed by atoms with Gasteiger partial charge in [0.25, 0.3) is 5.95 Å². The normalized spacial score (nSPS) is 17.9. The molecule has 2 aromatic rings. The minimum absolute atomic E-state index is 0.231. The summed E-state index contributed by atoms with van der Waals surface area (Å²) in [5.74, 6) is 1.34. The Balaban J connectivity index is 1.83. The molecule has 0 aromatic carbocycles. The van der Waals surface area contributed by atoms with Gasteiger partial charge in [-0.2, -0.15) is 20.1 Å². The Bertz CT molecular complexity index is 600. The van der Waals surface area contributed by atoms with Gasteiger partial charge in [0.05, 0.1) is 0 Å². The van der Waals surface area contributed by atoms with Crippen LogP contribution >= 0.6 is 0 Å². The molecule has 7 heteroatoms. The van der Waals surface area contributed by atoms with E-state index in [0.29, 0.717) is 17.3 Å². The topological polar surface area (TPSA) is 85.8 Å². The van der Waals surface area contributed by atoms with Crippen molar-refractivity contribution >= 4 is 11.9 Å². The molecule has 0 amide bonds. The highest BCUT2D eigenvalue weighted by Crippen LogP contribution is 2.34. The smallest absolute Gasteiger partial charge is 0.257 e. The molecule has 3 heterocycles. The molecule has 7 nitrogen and oxygen atoms in total. The monoisotopic (exact) mass is 287 g/mol. The van der Waals surface area contributed by atoms with Crippen molar-refractivity contribution in [3.63, 3.8) is 0 Å². The van der Waals surface area contributed by atoms with Crippen molar-refractivity contribution in [2.24, 2.45) is 5.41 Å². The fourth-order valence-electron chi connectivity index (χ4n) is 2.60. The summed E-state index contributed by atoms with van der Waals surface area (Å²) in [5, 5.41) is 4.14. The quantitative estimate of drug-likeness (QED) is 0.924. The second-order valence-corrected chi connectivity index (χ2v) is 5.90. The molecule has 3 rings (SSSR count). The number of nitrogens with two attached hydrogens (primary N) is 1. The van der Waals surface area contributed by atoms with Crippen LogP contribution in [0.1, 0.15) is 33.1 Å². The zero-order valence-corrected chi connectivity index (χ0v) is 12.5. The minimum atomic E-state index is 0.231. The molecular formula is C14H21N7. The van der Waals surface area contributed by atoms with E-state index >= 15 is 0 Å². The Morgan fingerprint density at radius 1 is 1.19 bits per heavy atom. The molecule has 1 aliphatic heterocycles. The van der Waals surface area contributed by atoms with E-state index < -0.39 is 0 Å². The summed E-state index contributed by atoms with van der Waals surface area (Å²) in [5.41, 5.74) is 6.25. The summed E-state index contributed by atoms with van der Waals surface area (Å²) in [7, 11) is 0. The lowest BCUT2D eigenvalue weighted by molar-refractivity contribution is 0.237. The highest BCUT2D eigenvalue weighted by molar-refractivity contribution is 5.38. The first-order chi connectivity index (χ1) is 10.1. The number of hydrogen-bond donors (Lipinski definition) is 1. The summed E-state index contributed by atoms with van der Waals surface area (Å²) < 4.78 is 1.60. The van der Waals surface area contributed by atoms with Crippen molar-refractivity contribution in [2.75, 3.05) is 23.7 Å². The Labute approximate surface area is 124 Å². The number of anilines is 2. The minimum Gasteiger partial charge on any atom is -0.368 e. The van der Waals surface area contributed by atoms with Gasteiger partial charge in [-0.15, -0.1) is 0 Å². The maximum Gasteiger partial charge on any atom is 0.257 e. The van der Waals surface area contributed by atoms with Crippen molar-refractivity contribution in [2.45, 2.75) is 33.1 Å². The molecule has 2 N–H and O–H groups in total. The van der Waals surface area contributed by atoms with Crippen LogP contribution in [-0.4, -0.2) is 37.8 Å². The molecule has 0 unspecified atom stereocenters. The molecule has 0 radical (unpaired) electrons. The summed E-state index contributed by atoms with van der Waals surface area (Å²) >= 11 is 0. The lowest BCUT2D eigenvalue weighted by Gasteiger charge is -2.38. The van der Waals surface area contributed by atoms with Gasteiger partial charge >= 0.3 is 0 Å². The maximum absolute atomic E-state index is 5.82. The molecule has 112 valence electrons. The van der Waals surface area contributed by atoms with Crippen LogP contribution in [0.15, 0.2) is 18.5 Å². The first-order valence-corrected chi connectivity index (χ1v) is 7.36. The van der Waals surface area contributed by atoms with Crippen LogP contribution < -0.4 is 10.6 Å². The second kappa shape index (κ2) is 5.31. The van der Waals surface area contributed by atoms with E-state index in [9.17, 15) is 0 Å². The fraction of sp³-hybridized carbons (Fsp3) is 0.571. The van der Waals surface area contributed by atoms with E-state index in [4.69, 9.17) is 5.73 Å². The fourth-order valence-corrected chi connectivity index (χ4v) is 2.60. The zero-order valence-electron chi connectivity index (χ0n) is 12.5. The zero-order chi connectivity index (χ0) is 14.9. The number of rotatable bonds is 3. The third-order valence-corrected chi connectivity index (χ3v) is 4.45. The lowest BCUT2D eigenvalue weighted by Crippen LogP contribution is -2.39. The summed E-state index contributed by atoms with van der Waals surface area (Å²) in [4.78, 5) is 15.1. The molecule has 2 aromatic heterocycles. The van der Waals surface area contributed by atoms with E-state index in [2.05, 4.69) is 38.8 Å². The van der Waals surface area contributed by atoms with Crippen molar-refractivity contribution in [1.29, 1.82) is 0 Å². The van der Waals surface area contributed by atoms with Gasteiger partial charge in [-0.3, -0.25) is 0 Å². The average Bonchev–Trinajstić information content (AvgIpc) is 3.02. The van der Waals surface area contributed by atoms with Gasteiger partial charge < -0.3 is 10.6 Å². The Kier molecular flexibility index (Phi) is 3.48. The van der Waals surface area contributed by atoms with E-state index in [-0.39, 0.29) is 5.95 Å². The Hall–Kier alpha value is -2.18. The number of nitrogen functional groups attached to an aromatic ring is 1. The molecule has 0 spiro atoms. The predicted octanol–water partition coefficient (Wildman–Crippen LogP) is 1.66. The molecule has 0 atom stereocenters. The van der Waals surface area contributed by atoms with Gasteiger partial charge in [-0.1, -0.05) is 20.3 Å². The number of piperidine rings is 1. The van der Waals surface area contributed by atoms with Crippen LogP contribution in [0.2, 0.25) is 0 Å². The van der Waals surface area contributed by atoms with Crippen LogP contribution in [0.25, 0.3) is 5.95 Å². The number of nitrogens with zero attached hydrogens (tertiary/aromatic N) is 6. The predicted molar refractivity (Wildman–Crippen MR) is 81.2 cm³/mol. The third kappa shape index (κ3) is 2.81. The van der Waals surface area contributed by atoms with E-state index in [1.165, 1.54) is 6.42 Å². The van der Waals surface area contributed by atoms with Gasteiger partial charge in [0.15, 0.2) is 0 Å². The van der Waals surface area contributed by atoms with Crippen molar-refractivity contribution < 1.29 is 0 Å². The Morgan fingerprint density at radius 2 is 1.90 bits per heavy atom. The third-order valence-electron chi connectivity index (χ3n) is 4.45. The molecule has 1 aliphatic rings. The van der Waals surface area contributed by atoms with Crippen LogP contribution in [0.4, 0.5) is 11.9 Å². The molecule has 1 fully saturated rings. The van der Waals surface area contributed by atoms with Crippen molar-refractivity contribution in [3.05, 3.63) is 18.5 Å². The van der Waals surface area contributed by atoms with Gasteiger partial charge in [-0.25, -0.2) is 4.68 Å². The molecule has 0 saturated carbocycles.